The summed E-state index contributed by atoms with van der Waals surface area (Å²) in [5.74, 6) is 2.72. The summed E-state index contributed by atoms with van der Waals surface area (Å²) < 4.78 is 7.43. The molecule has 1 aliphatic heterocycles. The zero-order valence-electron chi connectivity index (χ0n) is 15.2. The van der Waals surface area contributed by atoms with Crippen LogP contribution in [0.2, 0.25) is 0 Å². The van der Waals surface area contributed by atoms with Gasteiger partial charge in [0.25, 0.3) is 0 Å². The molecule has 6 heteroatoms. The summed E-state index contributed by atoms with van der Waals surface area (Å²) in [7, 11) is 0. The van der Waals surface area contributed by atoms with E-state index in [0.29, 0.717) is 19.6 Å². The molecule has 0 saturated carbocycles. The van der Waals surface area contributed by atoms with Crippen molar-refractivity contribution in [2.45, 2.75) is 46.1 Å². The number of amides is 1. The second-order valence-corrected chi connectivity index (χ2v) is 6.54. The zero-order chi connectivity index (χ0) is 17.8. The molecule has 0 radical (unpaired) electrons. The van der Waals surface area contributed by atoms with Gasteiger partial charge in [0.05, 0.1) is 19.1 Å². The van der Waals surface area contributed by atoms with E-state index in [2.05, 4.69) is 10.1 Å². The number of piperidine rings is 1. The van der Waals surface area contributed by atoms with Gasteiger partial charge in [0, 0.05) is 13.1 Å². The third-order valence-electron chi connectivity index (χ3n) is 4.59. The summed E-state index contributed by atoms with van der Waals surface area (Å²) in [6, 6.07) is 8.00. The molecule has 1 fully saturated rings. The molecule has 1 aromatic heterocycles. The molecule has 0 unspecified atom stereocenters. The van der Waals surface area contributed by atoms with Crippen LogP contribution in [0.15, 0.2) is 24.3 Å². The maximum absolute atomic E-state index is 12.7. The van der Waals surface area contributed by atoms with E-state index in [4.69, 9.17) is 4.74 Å². The van der Waals surface area contributed by atoms with Crippen LogP contribution in [0.4, 0.5) is 0 Å². The Morgan fingerprint density at radius 2 is 2.04 bits per heavy atom. The van der Waals surface area contributed by atoms with Gasteiger partial charge in [0.15, 0.2) is 0 Å². The first-order valence-electron chi connectivity index (χ1n) is 8.96. The van der Waals surface area contributed by atoms with E-state index in [1.165, 1.54) is 0 Å². The van der Waals surface area contributed by atoms with Gasteiger partial charge in [-0.15, -0.1) is 0 Å². The van der Waals surface area contributed by atoms with Crippen molar-refractivity contribution in [2.24, 2.45) is 0 Å². The lowest BCUT2D eigenvalue weighted by Crippen LogP contribution is -2.41. The van der Waals surface area contributed by atoms with E-state index in [0.717, 1.165) is 42.3 Å². The van der Waals surface area contributed by atoms with Gasteiger partial charge in [-0.25, -0.2) is 9.67 Å². The number of aromatic nitrogens is 3. The van der Waals surface area contributed by atoms with Crippen molar-refractivity contribution in [3.8, 4) is 5.75 Å². The van der Waals surface area contributed by atoms with E-state index in [1.54, 1.807) is 0 Å². The Bertz CT molecular complexity index is 724. The van der Waals surface area contributed by atoms with Gasteiger partial charge >= 0.3 is 0 Å². The number of carbonyl (C=O) groups is 1. The Labute approximate surface area is 148 Å². The highest BCUT2D eigenvalue weighted by atomic mass is 16.5. The minimum atomic E-state index is 0.170. The number of aryl methyl sites for hydroxylation is 2. The van der Waals surface area contributed by atoms with Crippen LogP contribution in [-0.2, 0) is 11.2 Å². The summed E-state index contributed by atoms with van der Waals surface area (Å²) >= 11 is 0. The monoisotopic (exact) mass is 342 g/mol. The molecule has 1 amide bonds. The first-order valence-corrected chi connectivity index (χ1v) is 8.96. The maximum atomic E-state index is 12.7. The van der Waals surface area contributed by atoms with E-state index >= 15 is 0 Å². The average Bonchev–Trinajstić information content (AvgIpc) is 2.95. The molecular formula is C19H26N4O2. The third-order valence-corrected chi connectivity index (χ3v) is 4.59. The van der Waals surface area contributed by atoms with Crippen molar-refractivity contribution >= 4 is 5.91 Å². The van der Waals surface area contributed by atoms with Crippen molar-refractivity contribution in [3.63, 3.8) is 0 Å². The molecule has 25 heavy (non-hydrogen) atoms. The molecule has 2 aromatic rings. The van der Waals surface area contributed by atoms with Crippen LogP contribution < -0.4 is 4.74 Å². The van der Waals surface area contributed by atoms with Crippen LogP contribution in [0.5, 0.6) is 5.75 Å². The van der Waals surface area contributed by atoms with E-state index in [1.807, 2.05) is 54.6 Å². The average molecular weight is 342 g/mol. The van der Waals surface area contributed by atoms with Gasteiger partial charge in [-0.05, 0) is 51.3 Å². The Hall–Kier alpha value is -2.37. The molecule has 6 nitrogen and oxygen atoms in total. The molecule has 3 rings (SSSR count). The van der Waals surface area contributed by atoms with Gasteiger partial charge < -0.3 is 9.64 Å². The fourth-order valence-corrected chi connectivity index (χ4v) is 3.42. The van der Waals surface area contributed by atoms with Gasteiger partial charge in [0.1, 0.15) is 17.4 Å². The van der Waals surface area contributed by atoms with E-state index in [-0.39, 0.29) is 11.9 Å². The second kappa shape index (κ2) is 7.68. The molecule has 134 valence electrons. The fourth-order valence-electron chi connectivity index (χ4n) is 3.42. The number of likely N-dealkylation sites (tertiary alicyclic amines) is 1. The van der Waals surface area contributed by atoms with Crippen molar-refractivity contribution in [1.29, 1.82) is 0 Å². The topological polar surface area (TPSA) is 60.2 Å². The predicted molar refractivity (Wildman–Crippen MR) is 95.7 cm³/mol. The Kier molecular flexibility index (Phi) is 5.36. The van der Waals surface area contributed by atoms with E-state index < -0.39 is 0 Å². The Morgan fingerprint density at radius 3 is 2.68 bits per heavy atom. The predicted octanol–water partition coefficient (Wildman–Crippen LogP) is 2.70. The number of benzene rings is 1. The summed E-state index contributed by atoms with van der Waals surface area (Å²) in [5, 5.41) is 4.49. The minimum absolute atomic E-state index is 0.170. The van der Waals surface area contributed by atoms with Crippen molar-refractivity contribution in [3.05, 3.63) is 41.5 Å². The lowest BCUT2D eigenvalue weighted by atomic mass is 10.0. The smallest absolute Gasteiger partial charge is 0.227 e. The van der Waals surface area contributed by atoms with Crippen LogP contribution in [0.3, 0.4) is 0 Å². The highest BCUT2D eigenvalue weighted by Gasteiger charge is 2.26. The SMILES string of the molecule is CCOc1ccc(CC(=O)N2CCC[C@@H](n3nc(C)nc3C)C2)cc1. The molecule has 1 atom stereocenters. The zero-order valence-corrected chi connectivity index (χ0v) is 15.2. The summed E-state index contributed by atoms with van der Waals surface area (Å²) in [6.45, 7) is 8.01. The summed E-state index contributed by atoms with van der Waals surface area (Å²) in [6.07, 6.45) is 2.46. The summed E-state index contributed by atoms with van der Waals surface area (Å²) in [5.41, 5.74) is 1.02. The van der Waals surface area contributed by atoms with Crippen LogP contribution in [0, 0.1) is 13.8 Å². The standard InChI is InChI=1S/C19H26N4O2/c1-4-25-18-9-7-16(8-10-18)12-19(24)22-11-5-6-17(13-22)23-15(3)20-14(2)21-23/h7-10,17H,4-6,11-13H2,1-3H3/t17-/m1/s1. The lowest BCUT2D eigenvalue weighted by molar-refractivity contribution is -0.132. The maximum Gasteiger partial charge on any atom is 0.227 e. The largest absolute Gasteiger partial charge is 0.494 e. The van der Waals surface area contributed by atoms with Crippen LogP contribution >= 0.6 is 0 Å². The lowest BCUT2D eigenvalue weighted by Gasteiger charge is -2.33. The van der Waals surface area contributed by atoms with Crippen LogP contribution in [0.1, 0.15) is 43.0 Å². The number of hydrogen-bond acceptors (Lipinski definition) is 4. The molecule has 0 aliphatic carbocycles. The number of rotatable bonds is 5. The van der Waals surface area contributed by atoms with Crippen LogP contribution in [0.25, 0.3) is 0 Å². The van der Waals surface area contributed by atoms with Gasteiger partial charge in [-0.1, -0.05) is 12.1 Å². The molecule has 0 bridgehead atoms. The molecule has 2 heterocycles. The highest BCUT2D eigenvalue weighted by molar-refractivity contribution is 5.79. The molecular weight excluding hydrogens is 316 g/mol. The second-order valence-electron chi connectivity index (χ2n) is 6.54. The molecule has 1 aliphatic rings. The normalized spacial score (nSPS) is 17.6. The molecule has 0 spiro atoms. The van der Waals surface area contributed by atoms with Gasteiger partial charge in [0.2, 0.25) is 5.91 Å². The van der Waals surface area contributed by atoms with Gasteiger partial charge in [-0.2, -0.15) is 5.10 Å². The minimum Gasteiger partial charge on any atom is -0.494 e. The third kappa shape index (κ3) is 4.18. The molecule has 0 N–H and O–H groups in total. The quantitative estimate of drug-likeness (QED) is 0.838. The van der Waals surface area contributed by atoms with Crippen molar-refractivity contribution in [1.82, 2.24) is 19.7 Å². The highest BCUT2D eigenvalue weighted by Crippen LogP contribution is 2.23. The molecule has 1 aromatic carbocycles. The fraction of sp³-hybridized carbons (Fsp3) is 0.526. The Morgan fingerprint density at radius 1 is 1.28 bits per heavy atom. The number of carbonyl (C=O) groups excluding carboxylic acids is 1. The number of ether oxygens (including phenoxy) is 1. The van der Waals surface area contributed by atoms with Crippen LogP contribution in [-0.4, -0.2) is 45.3 Å². The van der Waals surface area contributed by atoms with E-state index in [9.17, 15) is 4.79 Å². The number of nitrogens with zero attached hydrogens (tertiary/aromatic N) is 4. The van der Waals surface area contributed by atoms with Crippen molar-refractivity contribution < 1.29 is 9.53 Å². The first kappa shape index (κ1) is 17.5. The summed E-state index contributed by atoms with van der Waals surface area (Å²) in [4.78, 5) is 19.0. The first-order chi connectivity index (χ1) is 12.1. The number of hydrogen-bond donors (Lipinski definition) is 0. The Balaban J connectivity index is 1.62. The van der Waals surface area contributed by atoms with Gasteiger partial charge in [-0.3, -0.25) is 4.79 Å². The van der Waals surface area contributed by atoms with Crippen molar-refractivity contribution in [2.75, 3.05) is 19.7 Å². The molecule has 1 saturated heterocycles.